The molecule has 0 spiro atoms. The number of hydrogen-bond donors (Lipinski definition) is 2. The Hall–Kier alpha value is -2.14. The Morgan fingerprint density at radius 1 is 1.32 bits per heavy atom. The third kappa shape index (κ3) is 3.95. The summed E-state index contributed by atoms with van der Waals surface area (Å²) in [5.74, 6) is -0.238. The van der Waals surface area contributed by atoms with Crippen molar-refractivity contribution in [2.24, 2.45) is 7.05 Å². The van der Waals surface area contributed by atoms with Gasteiger partial charge >= 0.3 is 0 Å². The van der Waals surface area contributed by atoms with Crippen LogP contribution in [-0.2, 0) is 12.5 Å². The highest BCUT2D eigenvalue weighted by Crippen LogP contribution is 2.23. The molecule has 2 rings (SSSR count). The predicted molar refractivity (Wildman–Crippen MR) is 85.6 cm³/mol. The average molecular weight is 301 g/mol. The van der Waals surface area contributed by atoms with Gasteiger partial charge in [0.15, 0.2) is 0 Å². The lowest BCUT2D eigenvalue weighted by Gasteiger charge is -2.20. The van der Waals surface area contributed by atoms with Gasteiger partial charge in [0.05, 0.1) is 17.9 Å². The number of aromatic nitrogens is 2. The summed E-state index contributed by atoms with van der Waals surface area (Å²) >= 11 is 0. The Morgan fingerprint density at radius 3 is 2.45 bits per heavy atom. The number of carbonyl (C=O) groups is 1. The monoisotopic (exact) mass is 301 g/mol. The number of nitrogens with zero attached hydrogens (tertiary/aromatic N) is 2. The number of rotatable bonds is 4. The molecule has 5 heteroatoms. The first-order valence-corrected chi connectivity index (χ1v) is 7.33. The van der Waals surface area contributed by atoms with Crippen molar-refractivity contribution in [2.75, 3.05) is 6.54 Å². The lowest BCUT2D eigenvalue weighted by molar-refractivity contribution is 0.0916. The predicted octanol–water partition coefficient (Wildman–Crippen LogP) is 2.18. The molecule has 0 saturated heterocycles. The summed E-state index contributed by atoms with van der Waals surface area (Å²) < 4.78 is 1.57. The third-order valence-electron chi connectivity index (χ3n) is 3.58. The van der Waals surface area contributed by atoms with Crippen molar-refractivity contribution in [2.45, 2.75) is 32.3 Å². The van der Waals surface area contributed by atoms with Gasteiger partial charge in [-0.15, -0.1) is 0 Å². The molecular formula is C17H23N3O2. The van der Waals surface area contributed by atoms with Crippen molar-refractivity contribution in [3.05, 3.63) is 53.3 Å². The fraction of sp³-hybridized carbons (Fsp3) is 0.412. The molecule has 1 amide bonds. The van der Waals surface area contributed by atoms with E-state index >= 15 is 0 Å². The average Bonchev–Trinajstić information content (AvgIpc) is 2.90. The fourth-order valence-corrected chi connectivity index (χ4v) is 2.15. The summed E-state index contributed by atoms with van der Waals surface area (Å²) in [4.78, 5) is 11.9. The second-order valence-electron chi connectivity index (χ2n) is 6.50. The molecule has 22 heavy (non-hydrogen) atoms. The van der Waals surface area contributed by atoms with Crippen LogP contribution in [0.4, 0.5) is 0 Å². The van der Waals surface area contributed by atoms with Crippen molar-refractivity contribution in [3.63, 3.8) is 0 Å². The topological polar surface area (TPSA) is 67.2 Å². The summed E-state index contributed by atoms with van der Waals surface area (Å²) in [5, 5.41) is 16.8. The molecule has 0 aliphatic carbocycles. The molecule has 2 N–H and O–H groups in total. The van der Waals surface area contributed by atoms with Gasteiger partial charge in [0.2, 0.25) is 0 Å². The minimum Gasteiger partial charge on any atom is -0.387 e. The summed E-state index contributed by atoms with van der Waals surface area (Å²) in [7, 11) is 1.75. The van der Waals surface area contributed by atoms with Gasteiger partial charge in [-0.1, -0.05) is 45.0 Å². The minimum atomic E-state index is -0.727. The highest BCUT2D eigenvalue weighted by Gasteiger charge is 2.15. The molecule has 0 fully saturated rings. The summed E-state index contributed by atoms with van der Waals surface area (Å²) in [6.07, 6.45) is 2.41. The van der Waals surface area contributed by atoms with E-state index in [1.165, 1.54) is 11.8 Å². The molecular weight excluding hydrogens is 278 g/mol. The number of carbonyl (C=O) groups excluding carboxylic acids is 1. The quantitative estimate of drug-likeness (QED) is 0.909. The van der Waals surface area contributed by atoms with E-state index in [9.17, 15) is 9.90 Å². The Kier molecular flexibility index (Phi) is 4.66. The van der Waals surface area contributed by atoms with E-state index in [1.54, 1.807) is 17.9 Å². The maximum absolute atomic E-state index is 11.9. The van der Waals surface area contributed by atoms with Crippen molar-refractivity contribution in [3.8, 4) is 0 Å². The number of hydrogen-bond acceptors (Lipinski definition) is 3. The number of nitrogens with one attached hydrogen (secondary N) is 1. The van der Waals surface area contributed by atoms with Crippen LogP contribution in [0.5, 0.6) is 0 Å². The molecule has 2 aromatic rings. The molecule has 1 aromatic carbocycles. The molecule has 1 heterocycles. The first-order chi connectivity index (χ1) is 10.3. The maximum Gasteiger partial charge on any atom is 0.254 e. The van der Waals surface area contributed by atoms with Gasteiger partial charge in [0, 0.05) is 19.8 Å². The number of aliphatic hydroxyl groups is 1. The van der Waals surface area contributed by atoms with Crippen molar-refractivity contribution in [1.82, 2.24) is 15.1 Å². The molecule has 118 valence electrons. The normalized spacial score (nSPS) is 13.0. The van der Waals surface area contributed by atoms with E-state index in [0.717, 1.165) is 5.56 Å². The Bertz CT molecular complexity index is 639. The van der Waals surface area contributed by atoms with E-state index in [2.05, 4.69) is 31.2 Å². The molecule has 1 aromatic heterocycles. The fourth-order valence-electron chi connectivity index (χ4n) is 2.15. The minimum absolute atomic E-state index is 0.0814. The second-order valence-corrected chi connectivity index (χ2v) is 6.50. The molecule has 0 aliphatic rings. The van der Waals surface area contributed by atoms with E-state index in [-0.39, 0.29) is 17.9 Å². The van der Waals surface area contributed by atoms with Gasteiger partial charge in [0.1, 0.15) is 0 Å². The molecule has 1 atom stereocenters. The van der Waals surface area contributed by atoms with Crippen molar-refractivity contribution < 1.29 is 9.90 Å². The summed E-state index contributed by atoms with van der Waals surface area (Å²) in [5.41, 5.74) is 2.57. The molecule has 0 bridgehead atoms. The Labute approximate surface area is 131 Å². The summed E-state index contributed by atoms with van der Waals surface area (Å²) in [6.45, 7) is 6.61. The number of aliphatic hydroxyl groups excluding tert-OH is 1. The van der Waals surface area contributed by atoms with Crippen LogP contribution in [-0.4, -0.2) is 27.3 Å². The lowest BCUT2D eigenvalue weighted by atomic mass is 9.86. The smallest absolute Gasteiger partial charge is 0.254 e. The van der Waals surface area contributed by atoms with Crippen LogP contribution in [0.1, 0.15) is 48.4 Å². The molecule has 5 nitrogen and oxygen atoms in total. The molecule has 1 unspecified atom stereocenters. The van der Waals surface area contributed by atoms with Gasteiger partial charge in [-0.25, -0.2) is 0 Å². The van der Waals surface area contributed by atoms with Crippen LogP contribution in [0.2, 0.25) is 0 Å². The zero-order valence-electron chi connectivity index (χ0n) is 13.5. The van der Waals surface area contributed by atoms with Gasteiger partial charge in [-0.3, -0.25) is 9.48 Å². The zero-order valence-corrected chi connectivity index (χ0v) is 13.5. The summed E-state index contributed by atoms with van der Waals surface area (Å²) in [6, 6.07) is 7.84. The maximum atomic E-state index is 11.9. The molecule has 0 radical (unpaired) electrons. The standard InChI is InChI=1S/C17H23N3O2/c1-17(2,3)14-7-5-12(6-8-14)15(21)10-18-16(22)13-9-19-20(4)11-13/h5-9,11,15,21H,10H2,1-4H3,(H,18,22). The largest absolute Gasteiger partial charge is 0.387 e. The van der Waals surface area contributed by atoms with Gasteiger partial charge in [0.25, 0.3) is 5.91 Å². The van der Waals surface area contributed by atoms with Crippen molar-refractivity contribution in [1.29, 1.82) is 0 Å². The Morgan fingerprint density at radius 2 is 1.95 bits per heavy atom. The number of benzene rings is 1. The van der Waals surface area contributed by atoms with E-state index in [1.807, 2.05) is 24.3 Å². The van der Waals surface area contributed by atoms with Crippen LogP contribution in [0.25, 0.3) is 0 Å². The van der Waals surface area contributed by atoms with Crippen molar-refractivity contribution >= 4 is 5.91 Å². The van der Waals surface area contributed by atoms with Gasteiger partial charge in [-0.2, -0.15) is 5.10 Å². The molecule has 0 aliphatic heterocycles. The Balaban J connectivity index is 1.95. The first-order valence-electron chi connectivity index (χ1n) is 7.33. The third-order valence-corrected chi connectivity index (χ3v) is 3.58. The lowest BCUT2D eigenvalue weighted by Crippen LogP contribution is -2.28. The van der Waals surface area contributed by atoms with E-state index in [0.29, 0.717) is 5.56 Å². The zero-order chi connectivity index (χ0) is 16.3. The molecule has 0 saturated carbocycles. The second kappa shape index (κ2) is 6.32. The van der Waals surface area contributed by atoms with Crippen LogP contribution in [0.3, 0.4) is 0 Å². The van der Waals surface area contributed by atoms with Crippen LogP contribution in [0.15, 0.2) is 36.7 Å². The highest BCUT2D eigenvalue weighted by molar-refractivity contribution is 5.93. The number of aryl methyl sites for hydroxylation is 1. The van der Waals surface area contributed by atoms with Gasteiger partial charge in [-0.05, 0) is 16.5 Å². The van der Waals surface area contributed by atoms with Gasteiger partial charge < -0.3 is 10.4 Å². The van der Waals surface area contributed by atoms with Crippen LogP contribution >= 0.6 is 0 Å². The highest BCUT2D eigenvalue weighted by atomic mass is 16.3. The first kappa shape index (κ1) is 16.2. The SMILES string of the molecule is Cn1cc(C(=O)NCC(O)c2ccc(C(C)(C)C)cc2)cn1. The van der Waals surface area contributed by atoms with Crippen LogP contribution in [0, 0.1) is 0 Å². The number of amides is 1. The van der Waals surface area contributed by atoms with Crippen LogP contribution < -0.4 is 5.32 Å². The van der Waals surface area contributed by atoms with E-state index in [4.69, 9.17) is 0 Å². The van der Waals surface area contributed by atoms with E-state index < -0.39 is 6.10 Å².